The maximum atomic E-state index is 14.2. The summed E-state index contributed by atoms with van der Waals surface area (Å²) < 4.78 is 56.2. The van der Waals surface area contributed by atoms with E-state index in [4.69, 9.17) is 0 Å². The first-order chi connectivity index (χ1) is 14.1. The van der Waals surface area contributed by atoms with Gasteiger partial charge in [0.2, 0.25) is 5.56 Å². The number of amides is 1. The van der Waals surface area contributed by atoms with Crippen molar-refractivity contribution >= 4 is 5.91 Å². The molecule has 1 atom stereocenters. The maximum absolute atomic E-state index is 14.2. The van der Waals surface area contributed by atoms with Gasteiger partial charge >= 0.3 is 6.36 Å². The summed E-state index contributed by atoms with van der Waals surface area (Å²) in [6.45, 7) is 0. The lowest BCUT2D eigenvalue weighted by molar-refractivity contribution is -0.275. The van der Waals surface area contributed by atoms with Crippen molar-refractivity contribution in [1.29, 1.82) is 0 Å². The van der Waals surface area contributed by atoms with Gasteiger partial charge in [0, 0.05) is 25.5 Å². The molecule has 0 saturated heterocycles. The van der Waals surface area contributed by atoms with Crippen LogP contribution in [0, 0.1) is 5.82 Å². The maximum Gasteiger partial charge on any atom is 0.573 e. The van der Waals surface area contributed by atoms with Crippen LogP contribution in [-0.2, 0) is 7.05 Å². The molecule has 0 aliphatic heterocycles. The van der Waals surface area contributed by atoms with Crippen LogP contribution in [0.3, 0.4) is 0 Å². The first-order valence-electron chi connectivity index (χ1n) is 8.58. The Bertz CT molecular complexity index is 1110. The van der Waals surface area contributed by atoms with Gasteiger partial charge in [0.1, 0.15) is 0 Å². The Morgan fingerprint density at radius 1 is 1.17 bits per heavy atom. The molecule has 30 heavy (non-hydrogen) atoms. The van der Waals surface area contributed by atoms with E-state index in [1.165, 1.54) is 42.2 Å². The molecular weight excluding hydrogens is 406 g/mol. The number of rotatable bonds is 5. The summed E-state index contributed by atoms with van der Waals surface area (Å²) in [4.78, 5) is 28.3. The largest absolute Gasteiger partial charge is 0.573 e. The number of pyridine rings is 2. The van der Waals surface area contributed by atoms with Crippen molar-refractivity contribution in [3.05, 3.63) is 93.9 Å². The predicted octanol–water partition coefficient (Wildman–Crippen LogP) is 3.34. The van der Waals surface area contributed by atoms with Crippen LogP contribution in [0.15, 0.2) is 65.7 Å². The summed E-state index contributed by atoms with van der Waals surface area (Å²) in [7, 11) is 1.48. The first-order valence-corrected chi connectivity index (χ1v) is 8.58. The second kappa shape index (κ2) is 8.36. The summed E-state index contributed by atoms with van der Waals surface area (Å²) in [5.41, 5.74) is 0.337. The van der Waals surface area contributed by atoms with Gasteiger partial charge in [-0.3, -0.25) is 14.6 Å². The predicted molar refractivity (Wildman–Crippen MR) is 98.3 cm³/mol. The Labute approximate surface area is 167 Å². The number of carbonyl (C=O) groups excluding carboxylic acids is 1. The van der Waals surface area contributed by atoms with E-state index in [0.29, 0.717) is 5.69 Å². The van der Waals surface area contributed by atoms with Crippen LogP contribution in [-0.4, -0.2) is 21.8 Å². The van der Waals surface area contributed by atoms with E-state index in [-0.39, 0.29) is 16.7 Å². The van der Waals surface area contributed by atoms with Gasteiger partial charge in [-0.05, 0) is 35.9 Å². The van der Waals surface area contributed by atoms with E-state index in [9.17, 15) is 27.2 Å². The highest BCUT2D eigenvalue weighted by molar-refractivity contribution is 5.94. The quantitative estimate of drug-likeness (QED) is 0.642. The van der Waals surface area contributed by atoms with Gasteiger partial charge in [-0.15, -0.1) is 13.2 Å². The topological polar surface area (TPSA) is 73.2 Å². The van der Waals surface area contributed by atoms with Crippen LogP contribution >= 0.6 is 0 Å². The van der Waals surface area contributed by atoms with Gasteiger partial charge in [0.25, 0.3) is 5.91 Å². The zero-order valence-electron chi connectivity index (χ0n) is 15.5. The monoisotopic (exact) mass is 421 g/mol. The first kappa shape index (κ1) is 21.0. The Morgan fingerprint density at radius 3 is 2.53 bits per heavy atom. The van der Waals surface area contributed by atoms with Crippen LogP contribution < -0.4 is 15.6 Å². The lowest BCUT2D eigenvalue weighted by Gasteiger charge is -2.20. The summed E-state index contributed by atoms with van der Waals surface area (Å²) in [5.74, 6) is -2.82. The SMILES string of the molecule is Cn1cc(C(=O)N[C@@H](c2ccc(OC(F)(F)F)c(F)c2)c2ccccn2)ccc1=O. The van der Waals surface area contributed by atoms with Gasteiger partial charge < -0.3 is 14.6 Å². The van der Waals surface area contributed by atoms with E-state index in [0.717, 1.165) is 12.1 Å². The van der Waals surface area contributed by atoms with Crippen molar-refractivity contribution in [2.45, 2.75) is 12.4 Å². The summed E-state index contributed by atoms with van der Waals surface area (Å²) >= 11 is 0. The number of aromatic nitrogens is 2. The Balaban J connectivity index is 1.96. The molecule has 0 fully saturated rings. The molecule has 1 aromatic carbocycles. The molecule has 10 heteroatoms. The molecule has 0 spiro atoms. The van der Waals surface area contributed by atoms with Crippen LogP contribution in [0.2, 0.25) is 0 Å². The summed E-state index contributed by atoms with van der Waals surface area (Å²) in [6.07, 6.45) is -2.26. The van der Waals surface area contributed by atoms with E-state index in [2.05, 4.69) is 15.0 Å². The van der Waals surface area contributed by atoms with Crippen molar-refractivity contribution in [3.63, 3.8) is 0 Å². The smallest absolute Gasteiger partial charge is 0.403 e. The molecule has 0 aliphatic carbocycles. The Hall–Kier alpha value is -3.69. The van der Waals surface area contributed by atoms with Gasteiger partial charge in [0.15, 0.2) is 11.6 Å². The second-order valence-corrected chi connectivity index (χ2v) is 6.27. The molecule has 1 N–H and O–H groups in total. The zero-order chi connectivity index (χ0) is 21.9. The molecule has 2 heterocycles. The van der Waals surface area contributed by atoms with E-state index < -0.39 is 29.9 Å². The van der Waals surface area contributed by atoms with Crippen molar-refractivity contribution < 1.29 is 27.1 Å². The molecule has 0 saturated carbocycles. The molecule has 0 unspecified atom stereocenters. The molecule has 3 aromatic rings. The molecular formula is C20H15F4N3O3. The third-order valence-electron chi connectivity index (χ3n) is 4.12. The van der Waals surface area contributed by atoms with Gasteiger partial charge in [-0.25, -0.2) is 4.39 Å². The molecule has 156 valence electrons. The van der Waals surface area contributed by atoms with Crippen molar-refractivity contribution in [3.8, 4) is 5.75 Å². The number of halogens is 4. The van der Waals surface area contributed by atoms with Crippen LogP contribution in [0.25, 0.3) is 0 Å². The fraction of sp³-hybridized carbons (Fsp3) is 0.150. The molecule has 1 amide bonds. The standard InChI is InChI=1S/C20H15F4N3O3/c1-27-11-13(6-8-17(27)28)19(29)26-18(15-4-2-3-9-25-15)12-5-7-16(14(21)10-12)30-20(22,23)24/h2-11,18H,1H3,(H,26,29)/t18-/m0/s1. The number of carbonyl (C=O) groups is 1. The Kier molecular flexibility index (Phi) is 5.86. The molecule has 6 nitrogen and oxygen atoms in total. The molecule has 0 radical (unpaired) electrons. The number of aryl methyl sites for hydroxylation is 1. The third kappa shape index (κ3) is 5.02. The number of nitrogens with one attached hydrogen (secondary N) is 1. The average molecular weight is 421 g/mol. The number of ether oxygens (including phenoxy) is 1. The fourth-order valence-electron chi connectivity index (χ4n) is 2.72. The van der Waals surface area contributed by atoms with E-state index in [1.54, 1.807) is 18.2 Å². The molecule has 0 bridgehead atoms. The Morgan fingerprint density at radius 2 is 1.93 bits per heavy atom. The number of benzene rings is 1. The average Bonchev–Trinajstić information content (AvgIpc) is 2.69. The summed E-state index contributed by atoms with van der Waals surface area (Å²) in [5, 5.41) is 2.66. The van der Waals surface area contributed by atoms with Gasteiger partial charge in [0.05, 0.1) is 17.3 Å². The van der Waals surface area contributed by atoms with Crippen LogP contribution in [0.1, 0.15) is 27.7 Å². The lowest BCUT2D eigenvalue weighted by Crippen LogP contribution is -2.31. The van der Waals surface area contributed by atoms with Crippen LogP contribution in [0.4, 0.5) is 17.6 Å². The van der Waals surface area contributed by atoms with Gasteiger partial charge in [-0.1, -0.05) is 12.1 Å². The number of hydrogen-bond acceptors (Lipinski definition) is 4. The van der Waals surface area contributed by atoms with Crippen molar-refractivity contribution in [1.82, 2.24) is 14.9 Å². The molecule has 3 rings (SSSR count). The van der Waals surface area contributed by atoms with Crippen LogP contribution in [0.5, 0.6) is 5.75 Å². The summed E-state index contributed by atoms with van der Waals surface area (Å²) in [6, 6.07) is 9.29. The minimum Gasteiger partial charge on any atom is -0.403 e. The minimum atomic E-state index is -5.04. The highest BCUT2D eigenvalue weighted by atomic mass is 19.4. The minimum absolute atomic E-state index is 0.152. The van der Waals surface area contributed by atoms with Crippen molar-refractivity contribution in [2.24, 2.45) is 7.05 Å². The number of nitrogens with zero attached hydrogens (tertiary/aromatic N) is 2. The van der Waals surface area contributed by atoms with E-state index >= 15 is 0 Å². The number of alkyl halides is 3. The lowest BCUT2D eigenvalue weighted by atomic mass is 10.0. The fourth-order valence-corrected chi connectivity index (χ4v) is 2.72. The normalized spacial score (nSPS) is 12.3. The molecule has 2 aromatic heterocycles. The zero-order valence-corrected chi connectivity index (χ0v) is 15.5. The molecule has 0 aliphatic rings. The third-order valence-corrected chi connectivity index (χ3v) is 4.12. The second-order valence-electron chi connectivity index (χ2n) is 6.27. The highest BCUT2D eigenvalue weighted by Gasteiger charge is 2.32. The highest BCUT2D eigenvalue weighted by Crippen LogP contribution is 2.29. The van der Waals surface area contributed by atoms with Gasteiger partial charge in [-0.2, -0.15) is 0 Å². The van der Waals surface area contributed by atoms with E-state index in [1.807, 2.05) is 0 Å². The number of hydrogen-bond donors (Lipinski definition) is 1. The van der Waals surface area contributed by atoms with Crippen molar-refractivity contribution in [2.75, 3.05) is 0 Å².